The van der Waals surface area contributed by atoms with Crippen LogP contribution >= 0.6 is 11.3 Å². The van der Waals surface area contributed by atoms with Crippen LogP contribution in [0.5, 0.6) is 0 Å². The maximum Gasteiger partial charge on any atom is 0.313 e. The molecule has 1 aromatic carbocycles. The van der Waals surface area contributed by atoms with Crippen molar-refractivity contribution >= 4 is 28.8 Å². The Kier molecular flexibility index (Phi) is 5.87. The summed E-state index contributed by atoms with van der Waals surface area (Å²) in [5, 5.41) is 22.7. The Morgan fingerprint density at radius 2 is 2.04 bits per heavy atom. The van der Waals surface area contributed by atoms with Crippen LogP contribution in [-0.4, -0.2) is 28.1 Å². The highest BCUT2D eigenvalue weighted by Crippen LogP contribution is 2.22. The van der Waals surface area contributed by atoms with Crippen LogP contribution in [0.15, 0.2) is 47.2 Å². The molecule has 0 aliphatic heterocycles. The number of rotatable bonds is 5. The zero-order valence-electron chi connectivity index (χ0n) is 15.5. The van der Waals surface area contributed by atoms with E-state index >= 15 is 0 Å². The van der Waals surface area contributed by atoms with Crippen LogP contribution in [0.4, 0.5) is 5.69 Å². The molecule has 0 radical (unpaired) electrons. The summed E-state index contributed by atoms with van der Waals surface area (Å²) in [5.41, 5.74) is 3.46. The highest BCUT2D eigenvalue weighted by atomic mass is 32.1. The van der Waals surface area contributed by atoms with Gasteiger partial charge in [0.15, 0.2) is 0 Å². The van der Waals surface area contributed by atoms with Crippen molar-refractivity contribution < 1.29 is 9.59 Å². The number of nitrogens with one attached hydrogen (secondary N) is 2. The molecule has 0 aliphatic rings. The van der Waals surface area contributed by atoms with Gasteiger partial charge in [-0.2, -0.15) is 21.7 Å². The molecule has 7 nitrogen and oxygen atoms in total. The fourth-order valence-corrected chi connectivity index (χ4v) is 3.62. The molecule has 28 heavy (non-hydrogen) atoms. The second-order valence-corrected chi connectivity index (χ2v) is 7.05. The Labute approximate surface area is 166 Å². The molecule has 2 N–H and O–H groups in total. The lowest BCUT2D eigenvalue weighted by molar-refractivity contribution is -0.136. The first-order valence-corrected chi connectivity index (χ1v) is 9.57. The Hall–Kier alpha value is -3.44. The molecule has 1 atom stereocenters. The summed E-state index contributed by atoms with van der Waals surface area (Å²) < 4.78 is 1.85. The molecular weight excluding hydrogens is 374 g/mol. The molecule has 0 fully saturated rings. The summed E-state index contributed by atoms with van der Waals surface area (Å²) in [6, 6.07) is 12.2. The zero-order valence-corrected chi connectivity index (χ0v) is 16.3. The molecule has 2 aromatic heterocycles. The third kappa shape index (κ3) is 4.27. The quantitative estimate of drug-likeness (QED) is 0.651. The van der Waals surface area contributed by atoms with Crippen LogP contribution in [0, 0.1) is 25.2 Å². The second kappa shape index (κ2) is 8.50. The van der Waals surface area contributed by atoms with E-state index in [9.17, 15) is 9.59 Å². The van der Waals surface area contributed by atoms with Gasteiger partial charge in [0.25, 0.3) is 0 Å². The monoisotopic (exact) mass is 393 g/mol. The summed E-state index contributed by atoms with van der Waals surface area (Å²) in [7, 11) is 0. The molecule has 0 saturated carbocycles. The predicted octanol–water partition coefficient (Wildman–Crippen LogP) is 2.78. The van der Waals surface area contributed by atoms with Gasteiger partial charge in [0.05, 0.1) is 23.0 Å². The van der Waals surface area contributed by atoms with Crippen LogP contribution < -0.4 is 10.6 Å². The number of hydrogen-bond donors (Lipinski definition) is 2. The number of aromatic nitrogens is 2. The van der Waals surface area contributed by atoms with Crippen molar-refractivity contribution in [2.75, 3.05) is 11.9 Å². The van der Waals surface area contributed by atoms with Gasteiger partial charge < -0.3 is 10.6 Å². The van der Waals surface area contributed by atoms with Crippen molar-refractivity contribution in [2.45, 2.75) is 19.9 Å². The van der Waals surface area contributed by atoms with Crippen molar-refractivity contribution in [3.63, 3.8) is 0 Å². The van der Waals surface area contributed by atoms with E-state index in [-0.39, 0.29) is 12.6 Å². The third-order valence-corrected chi connectivity index (χ3v) is 4.93. The van der Waals surface area contributed by atoms with Gasteiger partial charge in [0, 0.05) is 12.2 Å². The molecule has 142 valence electrons. The van der Waals surface area contributed by atoms with Crippen LogP contribution in [0.25, 0.3) is 0 Å². The van der Waals surface area contributed by atoms with Crippen LogP contribution in [0.2, 0.25) is 0 Å². The van der Waals surface area contributed by atoms with Gasteiger partial charge in [-0.15, -0.1) is 0 Å². The average molecular weight is 393 g/mol. The third-order valence-electron chi connectivity index (χ3n) is 4.23. The topological polar surface area (TPSA) is 99.8 Å². The van der Waals surface area contributed by atoms with E-state index in [1.165, 1.54) is 0 Å². The zero-order chi connectivity index (χ0) is 20.1. The Bertz CT molecular complexity index is 1030. The minimum atomic E-state index is -0.819. The first kappa shape index (κ1) is 19.3. The molecule has 0 spiro atoms. The maximum atomic E-state index is 12.3. The highest BCUT2D eigenvalue weighted by Gasteiger charge is 2.21. The van der Waals surface area contributed by atoms with Gasteiger partial charge in [-0.25, -0.2) is 0 Å². The predicted molar refractivity (Wildman–Crippen MR) is 107 cm³/mol. The summed E-state index contributed by atoms with van der Waals surface area (Å²) in [4.78, 5) is 24.5. The van der Waals surface area contributed by atoms with Gasteiger partial charge in [0.2, 0.25) is 0 Å². The van der Waals surface area contributed by atoms with Gasteiger partial charge in [-0.3, -0.25) is 14.3 Å². The average Bonchev–Trinajstić information content (AvgIpc) is 3.32. The van der Waals surface area contributed by atoms with E-state index in [1.54, 1.807) is 35.6 Å². The van der Waals surface area contributed by atoms with Gasteiger partial charge in [0.1, 0.15) is 6.07 Å². The van der Waals surface area contributed by atoms with E-state index < -0.39 is 11.8 Å². The number of aryl methyl sites for hydroxylation is 2. The van der Waals surface area contributed by atoms with E-state index in [2.05, 4.69) is 15.7 Å². The minimum Gasteiger partial charge on any atom is -0.345 e. The summed E-state index contributed by atoms with van der Waals surface area (Å²) in [6.07, 6.45) is 0. The lowest BCUT2D eigenvalue weighted by Gasteiger charge is -2.19. The number of benzene rings is 1. The Morgan fingerprint density at radius 1 is 1.25 bits per heavy atom. The van der Waals surface area contributed by atoms with Crippen molar-refractivity contribution in [3.05, 3.63) is 69.7 Å². The van der Waals surface area contributed by atoms with Crippen molar-refractivity contribution in [3.8, 4) is 6.07 Å². The number of para-hydroxylation sites is 1. The van der Waals surface area contributed by atoms with Crippen LogP contribution in [0.3, 0.4) is 0 Å². The van der Waals surface area contributed by atoms with Crippen molar-refractivity contribution in [2.24, 2.45) is 0 Å². The number of nitrogens with zero attached hydrogens (tertiary/aromatic N) is 3. The van der Waals surface area contributed by atoms with E-state index in [0.29, 0.717) is 11.3 Å². The van der Waals surface area contributed by atoms with Crippen LogP contribution in [0.1, 0.15) is 28.6 Å². The normalized spacial score (nSPS) is 11.5. The standard InChI is InChI=1S/C20H19N5O2S/c1-13-9-14(2)25(24-13)18(16-7-8-28-12-16)11-22-19(26)20(27)23-17-6-4-3-5-15(17)10-21/h3-9,12,18H,11H2,1-2H3,(H,22,26)(H,23,27)/t18-/m1/s1. The summed E-state index contributed by atoms with van der Waals surface area (Å²) in [6.45, 7) is 4.07. The summed E-state index contributed by atoms with van der Waals surface area (Å²) in [5.74, 6) is -1.59. The number of nitriles is 1. The molecule has 0 unspecified atom stereocenters. The second-order valence-electron chi connectivity index (χ2n) is 6.27. The lowest BCUT2D eigenvalue weighted by Crippen LogP contribution is -2.39. The van der Waals surface area contributed by atoms with Gasteiger partial charge in [-0.05, 0) is 54.4 Å². The van der Waals surface area contributed by atoms with E-state index in [4.69, 9.17) is 5.26 Å². The number of anilines is 1. The fourth-order valence-electron chi connectivity index (χ4n) is 2.91. The fraction of sp³-hybridized carbons (Fsp3) is 0.200. The molecule has 0 bridgehead atoms. The smallest absolute Gasteiger partial charge is 0.313 e. The first-order valence-electron chi connectivity index (χ1n) is 8.62. The molecule has 8 heteroatoms. The number of carbonyl (C=O) groups excluding carboxylic acids is 2. The highest BCUT2D eigenvalue weighted by molar-refractivity contribution is 7.08. The number of amides is 2. The maximum absolute atomic E-state index is 12.3. The molecule has 3 aromatic rings. The lowest BCUT2D eigenvalue weighted by atomic mass is 10.1. The van der Waals surface area contributed by atoms with Gasteiger partial charge >= 0.3 is 11.8 Å². The summed E-state index contributed by atoms with van der Waals surface area (Å²) >= 11 is 1.56. The molecule has 3 rings (SSSR count). The van der Waals surface area contributed by atoms with E-state index in [1.807, 2.05) is 47.5 Å². The van der Waals surface area contributed by atoms with Crippen molar-refractivity contribution in [1.29, 1.82) is 5.26 Å². The molecular formula is C20H19N5O2S. The Balaban J connectivity index is 1.71. The molecule has 0 aliphatic carbocycles. The largest absolute Gasteiger partial charge is 0.345 e. The number of thiophene rings is 1. The molecule has 0 saturated heterocycles. The molecule has 2 amide bonds. The molecule has 2 heterocycles. The van der Waals surface area contributed by atoms with Crippen molar-refractivity contribution in [1.82, 2.24) is 15.1 Å². The minimum absolute atomic E-state index is 0.213. The van der Waals surface area contributed by atoms with E-state index in [0.717, 1.165) is 17.0 Å². The van der Waals surface area contributed by atoms with Gasteiger partial charge in [-0.1, -0.05) is 12.1 Å². The first-order chi connectivity index (χ1) is 13.5. The number of carbonyl (C=O) groups is 2. The Morgan fingerprint density at radius 3 is 2.68 bits per heavy atom. The number of hydrogen-bond acceptors (Lipinski definition) is 5. The SMILES string of the molecule is Cc1cc(C)n([C@H](CNC(=O)C(=O)Nc2ccccc2C#N)c2ccsc2)n1. The van der Waals surface area contributed by atoms with Crippen LogP contribution in [-0.2, 0) is 9.59 Å².